The van der Waals surface area contributed by atoms with Crippen molar-refractivity contribution in [2.45, 2.75) is 25.8 Å². The van der Waals surface area contributed by atoms with Crippen LogP contribution in [0.5, 0.6) is 0 Å². The zero-order valence-corrected chi connectivity index (χ0v) is 9.33. The van der Waals surface area contributed by atoms with Crippen LogP contribution in [0.4, 0.5) is 0 Å². The van der Waals surface area contributed by atoms with E-state index in [0.717, 1.165) is 37.3 Å². The molecule has 0 aliphatic rings. The average Bonchev–Trinajstić information content (AvgIpc) is 2.63. The molecular formula is C9H17N3OS. The maximum absolute atomic E-state index is 8.65. The van der Waals surface area contributed by atoms with Crippen molar-refractivity contribution in [2.75, 3.05) is 18.6 Å². The molecule has 0 aliphatic heterocycles. The summed E-state index contributed by atoms with van der Waals surface area (Å²) in [6.45, 7) is 1.16. The summed E-state index contributed by atoms with van der Waals surface area (Å²) >= 11 is 1.85. The zero-order valence-electron chi connectivity index (χ0n) is 8.52. The molecule has 1 N–H and O–H groups in total. The lowest BCUT2D eigenvalue weighted by Gasteiger charge is -1.97. The lowest BCUT2D eigenvalue weighted by Crippen LogP contribution is -1.99. The minimum Gasteiger partial charge on any atom is -0.396 e. The molecule has 4 nitrogen and oxygen atoms in total. The maximum atomic E-state index is 8.65. The fraction of sp³-hybridized carbons (Fsp3) is 0.778. The first-order valence-corrected chi connectivity index (χ1v) is 6.25. The van der Waals surface area contributed by atoms with E-state index in [-0.39, 0.29) is 6.61 Å². The van der Waals surface area contributed by atoms with Crippen LogP contribution in [-0.2, 0) is 13.0 Å². The third-order valence-corrected chi connectivity index (χ3v) is 2.61. The number of hydrogen-bond acceptors (Lipinski definition) is 4. The van der Waals surface area contributed by atoms with Crippen molar-refractivity contribution in [3.63, 3.8) is 0 Å². The van der Waals surface area contributed by atoms with Crippen LogP contribution in [0.1, 0.15) is 18.5 Å². The van der Waals surface area contributed by atoms with Crippen molar-refractivity contribution < 1.29 is 5.11 Å². The number of aliphatic hydroxyl groups excluding tert-OH is 1. The second-order valence-electron chi connectivity index (χ2n) is 3.15. The molecule has 0 amide bonds. The van der Waals surface area contributed by atoms with Crippen molar-refractivity contribution in [3.8, 4) is 0 Å². The van der Waals surface area contributed by atoms with E-state index in [4.69, 9.17) is 5.11 Å². The maximum Gasteiger partial charge on any atom is 0.0828 e. The monoisotopic (exact) mass is 215 g/mol. The first-order chi connectivity index (χ1) is 6.86. The number of aromatic nitrogens is 3. The molecule has 1 aromatic heterocycles. The molecule has 1 heterocycles. The Morgan fingerprint density at radius 2 is 2.36 bits per heavy atom. The van der Waals surface area contributed by atoms with Gasteiger partial charge in [0, 0.05) is 19.3 Å². The van der Waals surface area contributed by atoms with Gasteiger partial charge in [0.25, 0.3) is 0 Å². The number of nitrogens with zero attached hydrogens (tertiary/aromatic N) is 3. The highest BCUT2D eigenvalue weighted by atomic mass is 32.2. The summed E-state index contributed by atoms with van der Waals surface area (Å²) in [6, 6.07) is 0. The topological polar surface area (TPSA) is 50.9 Å². The van der Waals surface area contributed by atoms with E-state index in [9.17, 15) is 0 Å². The lowest BCUT2D eigenvalue weighted by atomic mass is 10.3. The summed E-state index contributed by atoms with van der Waals surface area (Å²) in [5.74, 6) is 1.16. The number of rotatable bonds is 7. The molecule has 0 fully saturated rings. The van der Waals surface area contributed by atoms with E-state index in [1.54, 1.807) is 0 Å². The highest BCUT2D eigenvalue weighted by molar-refractivity contribution is 7.98. The van der Waals surface area contributed by atoms with Gasteiger partial charge in [-0.15, -0.1) is 5.10 Å². The van der Waals surface area contributed by atoms with Gasteiger partial charge in [0.2, 0.25) is 0 Å². The van der Waals surface area contributed by atoms with E-state index in [0.29, 0.717) is 0 Å². The molecule has 0 bridgehead atoms. The Labute approximate surface area is 88.7 Å². The van der Waals surface area contributed by atoms with Crippen molar-refractivity contribution in [3.05, 3.63) is 11.9 Å². The molecule has 0 saturated carbocycles. The van der Waals surface area contributed by atoms with Gasteiger partial charge < -0.3 is 5.11 Å². The summed E-state index contributed by atoms with van der Waals surface area (Å²) in [6.07, 6.45) is 6.79. The van der Waals surface area contributed by atoms with Crippen LogP contribution in [0.15, 0.2) is 6.20 Å². The van der Waals surface area contributed by atoms with Gasteiger partial charge in [0.15, 0.2) is 0 Å². The van der Waals surface area contributed by atoms with Gasteiger partial charge in [-0.25, -0.2) is 0 Å². The molecule has 14 heavy (non-hydrogen) atoms. The molecule has 0 aromatic carbocycles. The van der Waals surface area contributed by atoms with E-state index >= 15 is 0 Å². The van der Waals surface area contributed by atoms with Crippen LogP contribution in [-0.4, -0.2) is 38.7 Å². The lowest BCUT2D eigenvalue weighted by molar-refractivity contribution is 0.288. The van der Waals surface area contributed by atoms with Crippen molar-refractivity contribution in [1.82, 2.24) is 15.0 Å². The van der Waals surface area contributed by atoms with E-state index in [2.05, 4.69) is 16.6 Å². The van der Waals surface area contributed by atoms with Gasteiger partial charge in [-0.05, 0) is 31.3 Å². The number of aliphatic hydroxyl groups is 1. The predicted molar refractivity (Wildman–Crippen MR) is 58.4 cm³/mol. The highest BCUT2D eigenvalue weighted by Gasteiger charge is 1.99. The number of thioether (sulfide) groups is 1. The van der Waals surface area contributed by atoms with Gasteiger partial charge in [-0.1, -0.05) is 5.21 Å². The van der Waals surface area contributed by atoms with Gasteiger partial charge >= 0.3 is 0 Å². The largest absolute Gasteiger partial charge is 0.396 e. The van der Waals surface area contributed by atoms with Crippen molar-refractivity contribution in [1.29, 1.82) is 0 Å². The molecule has 5 heteroatoms. The standard InChI is InChI=1S/C9H17N3OS/c1-14-7-3-5-12-8-9(10-11-12)4-2-6-13/h8,13H,2-7H2,1H3. The molecule has 0 radical (unpaired) electrons. The fourth-order valence-corrected chi connectivity index (χ4v) is 1.61. The zero-order chi connectivity index (χ0) is 10.2. The Morgan fingerprint density at radius 3 is 3.07 bits per heavy atom. The predicted octanol–water partition coefficient (Wildman–Crippen LogP) is 0.956. The van der Waals surface area contributed by atoms with Crippen LogP contribution in [0, 0.1) is 0 Å². The summed E-state index contributed by atoms with van der Waals surface area (Å²) in [4.78, 5) is 0. The summed E-state index contributed by atoms with van der Waals surface area (Å²) in [5.41, 5.74) is 0.975. The molecule has 1 rings (SSSR count). The molecule has 0 spiro atoms. The molecule has 0 atom stereocenters. The minimum atomic E-state index is 0.222. The van der Waals surface area contributed by atoms with Crippen LogP contribution in [0.25, 0.3) is 0 Å². The Bertz CT molecular complexity index is 252. The second-order valence-corrected chi connectivity index (χ2v) is 4.13. The van der Waals surface area contributed by atoms with E-state index < -0.39 is 0 Å². The Morgan fingerprint density at radius 1 is 1.50 bits per heavy atom. The summed E-state index contributed by atoms with van der Waals surface area (Å²) in [5, 5.41) is 16.7. The van der Waals surface area contributed by atoms with Crippen LogP contribution >= 0.6 is 11.8 Å². The van der Waals surface area contributed by atoms with Crippen LogP contribution in [0.3, 0.4) is 0 Å². The van der Waals surface area contributed by atoms with Gasteiger partial charge in [-0.2, -0.15) is 11.8 Å². The van der Waals surface area contributed by atoms with Crippen molar-refractivity contribution >= 4 is 11.8 Å². The van der Waals surface area contributed by atoms with Crippen LogP contribution in [0.2, 0.25) is 0 Å². The minimum absolute atomic E-state index is 0.222. The summed E-state index contributed by atoms with van der Waals surface area (Å²) in [7, 11) is 0. The average molecular weight is 215 g/mol. The van der Waals surface area contributed by atoms with Crippen molar-refractivity contribution in [2.24, 2.45) is 0 Å². The van der Waals surface area contributed by atoms with Gasteiger partial charge in [0.05, 0.1) is 5.69 Å². The molecule has 1 aromatic rings. The van der Waals surface area contributed by atoms with Gasteiger partial charge in [-0.3, -0.25) is 4.68 Å². The smallest absolute Gasteiger partial charge is 0.0828 e. The molecule has 80 valence electrons. The molecular weight excluding hydrogens is 198 g/mol. The summed E-state index contributed by atoms with van der Waals surface area (Å²) < 4.78 is 1.88. The molecule has 0 unspecified atom stereocenters. The first-order valence-electron chi connectivity index (χ1n) is 4.85. The SMILES string of the molecule is CSCCCn1cc(CCCO)nn1. The Hall–Kier alpha value is -0.550. The normalized spacial score (nSPS) is 10.7. The number of hydrogen-bond donors (Lipinski definition) is 1. The first kappa shape index (κ1) is 11.5. The van der Waals surface area contributed by atoms with Gasteiger partial charge in [0.1, 0.15) is 0 Å². The third kappa shape index (κ3) is 4.11. The molecule has 0 aliphatic carbocycles. The van der Waals surface area contributed by atoms with E-state index in [1.165, 1.54) is 0 Å². The Balaban J connectivity index is 2.27. The van der Waals surface area contributed by atoms with E-state index in [1.807, 2.05) is 22.6 Å². The fourth-order valence-electron chi connectivity index (χ4n) is 1.19. The molecule has 0 saturated heterocycles. The third-order valence-electron chi connectivity index (χ3n) is 1.91. The highest BCUT2D eigenvalue weighted by Crippen LogP contribution is 2.01. The second kappa shape index (κ2) is 6.84. The quantitative estimate of drug-likeness (QED) is 0.688. The Kier molecular flexibility index (Phi) is 5.63. The number of aryl methyl sites for hydroxylation is 2. The van der Waals surface area contributed by atoms with Crippen LogP contribution < -0.4 is 0 Å².